The van der Waals surface area contributed by atoms with Crippen LogP contribution >= 0.6 is 0 Å². The van der Waals surface area contributed by atoms with Gasteiger partial charge in [0.05, 0.1) is 27.9 Å². The highest BCUT2D eigenvalue weighted by Crippen LogP contribution is 2.42. The van der Waals surface area contributed by atoms with Gasteiger partial charge in [-0.25, -0.2) is 4.85 Å². The lowest BCUT2D eigenvalue weighted by Gasteiger charge is -2.32. The Morgan fingerprint density at radius 1 is 0.527 bits per heavy atom. The molecule has 0 aromatic heterocycles. The van der Waals surface area contributed by atoms with Gasteiger partial charge in [0.2, 0.25) is 0 Å². The normalized spacial score (nSPS) is 11.5. The van der Waals surface area contributed by atoms with Crippen LogP contribution < -0.4 is 28.4 Å². The summed E-state index contributed by atoms with van der Waals surface area (Å²) in [4.78, 5) is 3.62. The van der Waals surface area contributed by atoms with Gasteiger partial charge < -0.3 is 28.4 Å². The van der Waals surface area contributed by atoms with Gasteiger partial charge in [-0.1, -0.05) is 61.5 Å². The zero-order valence-corrected chi connectivity index (χ0v) is 30.8. The summed E-state index contributed by atoms with van der Waals surface area (Å²) in [5.41, 5.74) is 3.74. The molecule has 1 unspecified atom stereocenters. The average Bonchev–Trinajstić information content (AvgIpc) is 3.23. The van der Waals surface area contributed by atoms with Gasteiger partial charge in [0, 0.05) is 5.41 Å². The molecular formula is C46H37N3O6. The fourth-order valence-corrected chi connectivity index (χ4v) is 6.35. The Balaban J connectivity index is 1.27. The SMILES string of the molecule is [C-]#[N+]c1c(OC)cccc1Oc1ccc(C(C)(CCc2ccc(Oc3cccc(OC)c3C#N)cc2)c2ccc(Oc3cccc(OC)c3C#N)cc2)cc1. The van der Waals surface area contributed by atoms with Crippen LogP contribution in [0.15, 0.2) is 127 Å². The summed E-state index contributed by atoms with van der Waals surface area (Å²) in [6, 6.07) is 43.8. The van der Waals surface area contributed by atoms with Crippen molar-refractivity contribution < 1.29 is 28.4 Å². The molecule has 0 heterocycles. The second-order valence-corrected chi connectivity index (χ2v) is 12.6. The molecule has 9 nitrogen and oxygen atoms in total. The minimum absolute atomic E-state index is 0.308. The van der Waals surface area contributed by atoms with Gasteiger partial charge in [0.1, 0.15) is 75.0 Å². The van der Waals surface area contributed by atoms with Gasteiger partial charge in [0.25, 0.3) is 5.69 Å². The maximum atomic E-state index is 9.75. The molecule has 0 bridgehead atoms. The van der Waals surface area contributed by atoms with Crippen molar-refractivity contribution in [3.63, 3.8) is 0 Å². The van der Waals surface area contributed by atoms with Crippen LogP contribution in [0.3, 0.4) is 0 Å². The molecule has 9 heteroatoms. The molecular weight excluding hydrogens is 691 g/mol. The van der Waals surface area contributed by atoms with E-state index in [1.165, 1.54) is 21.3 Å². The third-order valence-corrected chi connectivity index (χ3v) is 9.44. The molecule has 0 aliphatic heterocycles. The molecule has 0 amide bonds. The molecule has 0 fully saturated rings. The van der Waals surface area contributed by atoms with Gasteiger partial charge in [0.15, 0.2) is 0 Å². The van der Waals surface area contributed by atoms with E-state index in [0.717, 1.165) is 29.5 Å². The highest BCUT2D eigenvalue weighted by Gasteiger charge is 2.29. The van der Waals surface area contributed by atoms with Crippen molar-refractivity contribution in [3.05, 3.63) is 167 Å². The number of para-hydroxylation sites is 1. The van der Waals surface area contributed by atoms with E-state index >= 15 is 0 Å². The molecule has 0 aliphatic rings. The van der Waals surface area contributed by atoms with E-state index in [1.54, 1.807) is 54.6 Å². The Bertz CT molecular complexity index is 2290. The van der Waals surface area contributed by atoms with Crippen LogP contribution in [-0.2, 0) is 11.8 Å². The first-order valence-electron chi connectivity index (χ1n) is 17.4. The number of hydrogen-bond donors (Lipinski definition) is 0. The fraction of sp³-hybridized carbons (Fsp3) is 0.152. The topological polar surface area (TPSA) is 107 Å². The molecule has 0 spiro atoms. The Kier molecular flexibility index (Phi) is 11.5. The number of methoxy groups -OCH3 is 3. The van der Waals surface area contributed by atoms with Crippen LogP contribution in [-0.4, -0.2) is 21.3 Å². The molecule has 6 aromatic rings. The molecule has 0 N–H and O–H groups in total. The lowest BCUT2D eigenvalue weighted by molar-refractivity contribution is 0.407. The van der Waals surface area contributed by atoms with Gasteiger partial charge >= 0.3 is 0 Å². The zero-order valence-electron chi connectivity index (χ0n) is 30.8. The summed E-state index contributed by atoms with van der Waals surface area (Å²) in [5.74, 6) is 4.38. The fourth-order valence-electron chi connectivity index (χ4n) is 6.35. The Morgan fingerprint density at radius 3 is 1.33 bits per heavy atom. The van der Waals surface area contributed by atoms with Crippen LogP contribution in [0, 0.1) is 29.2 Å². The van der Waals surface area contributed by atoms with Crippen molar-refractivity contribution in [2.75, 3.05) is 21.3 Å². The maximum absolute atomic E-state index is 9.75. The molecule has 1 atom stereocenters. The molecule has 6 aromatic carbocycles. The molecule has 55 heavy (non-hydrogen) atoms. The van der Waals surface area contributed by atoms with Crippen LogP contribution in [0.1, 0.15) is 41.2 Å². The summed E-state index contributed by atoms with van der Waals surface area (Å²) in [5, 5.41) is 19.4. The summed E-state index contributed by atoms with van der Waals surface area (Å²) >= 11 is 0. The minimum atomic E-state index is -0.458. The summed E-state index contributed by atoms with van der Waals surface area (Å²) in [6.45, 7) is 9.85. The number of ether oxygens (including phenoxy) is 6. The number of nitriles is 2. The van der Waals surface area contributed by atoms with E-state index in [2.05, 4.69) is 23.9 Å². The van der Waals surface area contributed by atoms with Gasteiger partial charge in [-0.15, -0.1) is 0 Å². The van der Waals surface area contributed by atoms with Crippen molar-refractivity contribution in [1.82, 2.24) is 0 Å². The molecule has 6 rings (SSSR count). The molecule has 0 saturated heterocycles. The van der Waals surface area contributed by atoms with Crippen molar-refractivity contribution in [1.29, 1.82) is 10.5 Å². The number of rotatable bonds is 14. The number of hydrogen-bond acceptors (Lipinski definition) is 8. The first-order valence-corrected chi connectivity index (χ1v) is 17.4. The first-order chi connectivity index (χ1) is 26.8. The summed E-state index contributed by atoms with van der Waals surface area (Å²) < 4.78 is 34.4. The largest absolute Gasteiger partial charge is 0.508 e. The maximum Gasteiger partial charge on any atom is 0.269 e. The Morgan fingerprint density at radius 2 is 0.909 bits per heavy atom. The van der Waals surface area contributed by atoms with Crippen molar-refractivity contribution >= 4 is 5.69 Å². The molecule has 0 radical (unpaired) electrons. The number of nitrogens with zero attached hydrogens (tertiary/aromatic N) is 3. The second-order valence-electron chi connectivity index (χ2n) is 12.6. The van der Waals surface area contributed by atoms with Crippen LogP contribution in [0.5, 0.6) is 51.7 Å². The lowest BCUT2D eigenvalue weighted by atomic mass is 9.72. The van der Waals surface area contributed by atoms with E-state index in [4.69, 9.17) is 35.0 Å². The van der Waals surface area contributed by atoms with E-state index in [9.17, 15) is 10.5 Å². The minimum Gasteiger partial charge on any atom is -0.508 e. The number of aryl methyl sites for hydroxylation is 1. The summed E-state index contributed by atoms with van der Waals surface area (Å²) in [6.07, 6.45) is 1.48. The van der Waals surface area contributed by atoms with Gasteiger partial charge in [-0.3, -0.25) is 0 Å². The van der Waals surface area contributed by atoms with Crippen LogP contribution in [0.4, 0.5) is 5.69 Å². The second kappa shape index (κ2) is 16.9. The Labute approximate surface area is 320 Å². The molecule has 0 aliphatic carbocycles. The Hall–Kier alpha value is -7.41. The van der Waals surface area contributed by atoms with Gasteiger partial charge in [-0.05, 0) is 102 Å². The van der Waals surface area contributed by atoms with Gasteiger partial charge in [-0.2, -0.15) is 10.5 Å². The predicted molar refractivity (Wildman–Crippen MR) is 209 cm³/mol. The number of benzene rings is 6. The standard InChI is InChI=1S/C46H37N3O6/c1-46(32-17-23-35(24-18-32)54-42-12-7-10-40(51-4)38(42)30-48,33-19-25-36(26-20-33)55-44-14-8-13-43(52-5)45(44)49-2)28-27-31-15-21-34(22-16-31)53-41-11-6-9-39(50-3)37(41)29-47/h6-26H,27-28H2,1,3-5H3. The highest BCUT2D eigenvalue weighted by atomic mass is 16.5. The van der Waals surface area contributed by atoms with Crippen LogP contribution in [0.2, 0.25) is 0 Å². The van der Waals surface area contributed by atoms with E-state index in [1.807, 2.05) is 72.8 Å². The molecule has 272 valence electrons. The van der Waals surface area contributed by atoms with Crippen LogP contribution in [0.25, 0.3) is 4.85 Å². The van der Waals surface area contributed by atoms with E-state index in [-0.39, 0.29) is 0 Å². The lowest BCUT2D eigenvalue weighted by Crippen LogP contribution is -2.24. The smallest absolute Gasteiger partial charge is 0.269 e. The van der Waals surface area contributed by atoms with Crippen molar-refractivity contribution in [2.45, 2.75) is 25.2 Å². The third kappa shape index (κ3) is 8.15. The third-order valence-electron chi connectivity index (χ3n) is 9.44. The highest BCUT2D eigenvalue weighted by molar-refractivity contribution is 5.68. The quantitative estimate of drug-likeness (QED) is 0.102. The predicted octanol–water partition coefficient (Wildman–Crippen LogP) is 11.3. The van der Waals surface area contributed by atoms with Crippen molar-refractivity contribution in [3.8, 4) is 63.9 Å². The first kappa shape index (κ1) is 37.4. The monoisotopic (exact) mass is 727 g/mol. The van der Waals surface area contributed by atoms with Crippen molar-refractivity contribution in [2.24, 2.45) is 0 Å². The van der Waals surface area contributed by atoms with E-state index in [0.29, 0.717) is 68.6 Å². The van der Waals surface area contributed by atoms with E-state index < -0.39 is 5.41 Å². The molecule has 0 saturated carbocycles. The summed E-state index contributed by atoms with van der Waals surface area (Å²) in [7, 11) is 4.57. The zero-order chi connectivity index (χ0) is 38.8. The average molecular weight is 728 g/mol.